The minimum atomic E-state index is -0.536. The lowest BCUT2D eigenvalue weighted by atomic mass is 10.1. The van der Waals surface area contributed by atoms with Crippen LogP contribution >= 0.6 is 0 Å². The summed E-state index contributed by atoms with van der Waals surface area (Å²) in [6, 6.07) is 3.06. The van der Waals surface area contributed by atoms with Gasteiger partial charge in [0, 0.05) is 18.5 Å². The molecule has 154 valence electrons. The number of hydrogen-bond donors (Lipinski definition) is 2. The fourth-order valence-electron chi connectivity index (χ4n) is 2.80. The Kier molecular flexibility index (Phi) is 7.91. The Labute approximate surface area is 164 Å². The van der Waals surface area contributed by atoms with E-state index < -0.39 is 11.8 Å². The molecule has 0 bridgehead atoms. The monoisotopic (exact) mass is 393 g/mol. The van der Waals surface area contributed by atoms with Gasteiger partial charge in [0.05, 0.1) is 19.8 Å². The number of nitrogens with zero attached hydrogens (tertiary/aromatic N) is 1. The molecule has 2 N–H and O–H groups in total. The van der Waals surface area contributed by atoms with Gasteiger partial charge < -0.3 is 19.1 Å². The Hall–Kier alpha value is -2.97. The first-order valence-electron chi connectivity index (χ1n) is 9.43. The highest BCUT2D eigenvalue weighted by molar-refractivity contribution is 5.97. The highest BCUT2D eigenvalue weighted by Gasteiger charge is 2.23. The Bertz CT molecular complexity index is 695. The average molecular weight is 393 g/mol. The summed E-state index contributed by atoms with van der Waals surface area (Å²) in [5, 5.41) is 0. The van der Waals surface area contributed by atoms with Crippen LogP contribution in [0.1, 0.15) is 44.0 Å². The van der Waals surface area contributed by atoms with Crippen LogP contribution in [0.3, 0.4) is 0 Å². The standard InChI is InChI=1S/C19H27N3O6/c1-4-26-14-10-13(11-15(27-5-2)18(14)28-6-3)19(25)21-20-16(23)12-22-9-7-8-17(22)24/h10-11H,4-9,12H2,1-3H3,(H,20,23)(H,21,25). The van der Waals surface area contributed by atoms with Gasteiger partial charge in [-0.3, -0.25) is 25.2 Å². The fourth-order valence-corrected chi connectivity index (χ4v) is 2.80. The van der Waals surface area contributed by atoms with Crippen molar-refractivity contribution >= 4 is 17.7 Å². The number of carbonyl (C=O) groups excluding carboxylic acids is 3. The number of benzene rings is 1. The molecule has 1 aromatic carbocycles. The van der Waals surface area contributed by atoms with Crippen molar-refractivity contribution in [1.82, 2.24) is 15.8 Å². The quantitative estimate of drug-likeness (QED) is 0.612. The zero-order valence-corrected chi connectivity index (χ0v) is 16.5. The predicted octanol–water partition coefficient (Wildman–Crippen LogP) is 1.27. The van der Waals surface area contributed by atoms with Crippen LogP contribution in [0.25, 0.3) is 0 Å². The molecule has 1 aromatic rings. The lowest BCUT2D eigenvalue weighted by Crippen LogP contribution is -2.46. The Balaban J connectivity index is 2.08. The SMILES string of the molecule is CCOc1cc(C(=O)NNC(=O)CN2CCCC2=O)cc(OCC)c1OCC. The van der Waals surface area contributed by atoms with E-state index in [0.29, 0.717) is 50.0 Å². The van der Waals surface area contributed by atoms with Gasteiger partial charge in [-0.15, -0.1) is 0 Å². The molecule has 0 aliphatic carbocycles. The topological polar surface area (TPSA) is 106 Å². The van der Waals surface area contributed by atoms with Gasteiger partial charge in [0.2, 0.25) is 11.7 Å². The third kappa shape index (κ3) is 5.51. The maximum Gasteiger partial charge on any atom is 0.269 e. The first-order valence-corrected chi connectivity index (χ1v) is 9.43. The molecule has 0 atom stereocenters. The summed E-state index contributed by atoms with van der Waals surface area (Å²) >= 11 is 0. The van der Waals surface area contributed by atoms with Crippen molar-refractivity contribution < 1.29 is 28.6 Å². The van der Waals surface area contributed by atoms with E-state index >= 15 is 0 Å². The molecule has 0 unspecified atom stereocenters. The average Bonchev–Trinajstić information content (AvgIpc) is 3.07. The van der Waals surface area contributed by atoms with E-state index in [1.807, 2.05) is 20.8 Å². The van der Waals surface area contributed by atoms with Crippen LogP contribution in [0.15, 0.2) is 12.1 Å². The molecule has 1 heterocycles. The van der Waals surface area contributed by atoms with Gasteiger partial charge in [-0.2, -0.15) is 0 Å². The second-order valence-corrected chi connectivity index (χ2v) is 6.02. The van der Waals surface area contributed by atoms with Gasteiger partial charge in [0.15, 0.2) is 11.5 Å². The van der Waals surface area contributed by atoms with Gasteiger partial charge >= 0.3 is 0 Å². The van der Waals surface area contributed by atoms with Crippen molar-refractivity contribution in [3.8, 4) is 17.2 Å². The van der Waals surface area contributed by atoms with Crippen molar-refractivity contribution in [3.05, 3.63) is 17.7 Å². The highest BCUT2D eigenvalue weighted by atomic mass is 16.5. The largest absolute Gasteiger partial charge is 0.490 e. The molecule has 28 heavy (non-hydrogen) atoms. The van der Waals surface area contributed by atoms with Crippen molar-refractivity contribution in [3.63, 3.8) is 0 Å². The normalized spacial score (nSPS) is 13.2. The van der Waals surface area contributed by atoms with E-state index in [4.69, 9.17) is 14.2 Å². The van der Waals surface area contributed by atoms with E-state index in [-0.39, 0.29) is 18.0 Å². The molecular weight excluding hydrogens is 366 g/mol. The Morgan fingerprint density at radius 1 is 1.00 bits per heavy atom. The second kappa shape index (κ2) is 10.4. The minimum absolute atomic E-state index is 0.0595. The molecule has 9 nitrogen and oxygen atoms in total. The molecule has 1 aliphatic heterocycles. The smallest absolute Gasteiger partial charge is 0.269 e. The van der Waals surface area contributed by atoms with Gasteiger partial charge in [-0.1, -0.05) is 0 Å². The summed E-state index contributed by atoms with van der Waals surface area (Å²) in [6.07, 6.45) is 1.19. The first-order chi connectivity index (χ1) is 13.5. The number of amides is 3. The van der Waals surface area contributed by atoms with Crippen LogP contribution in [-0.4, -0.2) is 55.5 Å². The molecule has 1 saturated heterocycles. The zero-order valence-electron chi connectivity index (χ0n) is 16.5. The number of ether oxygens (including phenoxy) is 3. The van der Waals surface area contributed by atoms with Gasteiger partial charge in [-0.25, -0.2) is 0 Å². The second-order valence-electron chi connectivity index (χ2n) is 6.02. The third-order valence-corrected chi connectivity index (χ3v) is 3.99. The maximum absolute atomic E-state index is 12.5. The van der Waals surface area contributed by atoms with Crippen LogP contribution in [0, 0.1) is 0 Å². The van der Waals surface area contributed by atoms with Gasteiger partial charge in [-0.05, 0) is 39.3 Å². The van der Waals surface area contributed by atoms with E-state index in [1.165, 1.54) is 17.0 Å². The highest BCUT2D eigenvalue weighted by Crippen LogP contribution is 2.39. The third-order valence-electron chi connectivity index (χ3n) is 3.99. The lowest BCUT2D eigenvalue weighted by Gasteiger charge is -2.18. The molecule has 0 aromatic heterocycles. The summed E-state index contributed by atoms with van der Waals surface area (Å²) < 4.78 is 16.8. The summed E-state index contributed by atoms with van der Waals surface area (Å²) in [7, 11) is 0. The lowest BCUT2D eigenvalue weighted by molar-refractivity contribution is -0.133. The molecule has 0 saturated carbocycles. The number of carbonyl (C=O) groups is 3. The van der Waals surface area contributed by atoms with Crippen molar-refractivity contribution in [2.75, 3.05) is 32.9 Å². The van der Waals surface area contributed by atoms with E-state index in [0.717, 1.165) is 6.42 Å². The van der Waals surface area contributed by atoms with Crippen LogP contribution in [0.4, 0.5) is 0 Å². The van der Waals surface area contributed by atoms with E-state index in [2.05, 4.69) is 10.9 Å². The summed E-state index contributed by atoms with van der Waals surface area (Å²) in [4.78, 5) is 37.5. The van der Waals surface area contributed by atoms with Crippen LogP contribution in [-0.2, 0) is 9.59 Å². The van der Waals surface area contributed by atoms with Crippen LogP contribution in [0.2, 0.25) is 0 Å². The van der Waals surface area contributed by atoms with Gasteiger partial charge in [0.1, 0.15) is 6.54 Å². The van der Waals surface area contributed by atoms with Gasteiger partial charge in [0.25, 0.3) is 11.8 Å². The summed E-state index contributed by atoms with van der Waals surface area (Å²) in [5.41, 5.74) is 4.92. The molecule has 1 fully saturated rings. The number of hydrazine groups is 1. The first kappa shape index (κ1) is 21.3. The summed E-state index contributed by atoms with van der Waals surface area (Å²) in [5.74, 6) is 0.134. The molecular formula is C19H27N3O6. The maximum atomic E-state index is 12.5. The number of likely N-dealkylation sites (tertiary alicyclic amines) is 1. The molecule has 1 aliphatic rings. The fraction of sp³-hybridized carbons (Fsp3) is 0.526. The molecule has 0 spiro atoms. The molecule has 9 heteroatoms. The minimum Gasteiger partial charge on any atom is -0.490 e. The molecule has 2 rings (SSSR count). The zero-order chi connectivity index (χ0) is 20.5. The Morgan fingerprint density at radius 2 is 1.61 bits per heavy atom. The number of hydrogen-bond acceptors (Lipinski definition) is 6. The molecule has 0 radical (unpaired) electrons. The summed E-state index contributed by atoms with van der Waals surface area (Å²) in [6.45, 7) is 7.13. The predicted molar refractivity (Wildman–Crippen MR) is 101 cm³/mol. The van der Waals surface area contributed by atoms with Crippen LogP contribution < -0.4 is 25.1 Å². The van der Waals surface area contributed by atoms with Crippen molar-refractivity contribution in [2.24, 2.45) is 0 Å². The van der Waals surface area contributed by atoms with Crippen molar-refractivity contribution in [2.45, 2.75) is 33.6 Å². The van der Waals surface area contributed by atoms with Crippen molar-refractivity contribution in [1.29, 1.82) is 0 Å². The van der Waals surface area contributed by atoms with E-state index in [9.17, 15) is 14.4 Å². The Morgan fingerprint density at radius 3 is 2.11 bits per heavy atom. The number of nitrogens with one attached hydrogen (secondary N) is 2. The van der Waals surface area contributed by atoms with Crippen LogP contribution in [0.5, 0.6) is 17.2 Å². The molecule has 3 amide bonds. The van der Waals surface area contributed by atoms with E-state index in [1.54, 1.807) is 0 Å². The number of rotatable bonds is 9.